The summed E-state index contributed by atoms with van der Waals surface area (Å²) in [6, 6.07) is 77.8. The van der Waals surface area contributed by atoms with Gasteiger partial charge in [0.05, 0.1) is 33.7 Å². The van der Waals surface area contributed by atoms with Gasteiger partial charge in [-0.2, -0.15) is 5.26 Å². The number of aromatic nitrogens is 3. The Morgan fingerprint density at radius 2 is 0.906 bits per heavy atom. The molecule has 0 saturated carbocycles. The van der Waals surface area contributed by atoms with Crippen molar-refractivity contribution in [3.05, 3.63) is 224 Å². The number of nitrogens with zero attached hydrogens (tertiary/aromatic N) is 4. The van der Waals surface area contributed by atoms with Gasteiger partial charge >= 0.3 is 0 Å². The molecule has 298 valence electrons. The zero-order valence-electron chi connectivity index (χ0n) is 34.5. The van der Waals surface area contributed by atoms with Crippen molar-refractivity contribution in [1.29, 1.82) is 5.26 Å². The first-order valence-electron chi connectivity index (χ1n) is 21.4. The molecular formula is C59H36N4O. The van der Waals surface area contributed by atoms with E-state index in [0.29, 0.717) is 22.8 Å². The van der Waals surface area contributed by atoms with Crippen molar-refractivity contribution in [3.63, 3.8) is 0 Å². The van der Waals surface area contributed by atoms with Crippen molar-refractivity contribution in [1.82, 2.24) is 14.5 Å². The lowest BCUT2D eigenvalue weighted by Gasteiger charge is -2.21. The van der Waals surface area contributed by atoms with Crippen LogP contribution in [-0.2, 0) is 0 Å². The summed E-state index contributed by atoms with van der Waals surface area (Å²) in [6.07, 6.45) is 0. The molecule has 0 bridgehead atoms. The van der Waals surface area contributed by atoms with Crippen LogP contribution in [0.2, 0.25) is 0 Å². The van der Waals surface area contributed by atoms with E-state index in [1.165, 1.54) is 0 Å². The number of fused-ring (bicyclic) bond motifs is 7. The van der Waals surface area contributed by atoms with Crippen molar-refractivity contribution < 1.29 is 4.42 Å². The van der Waals surface area contributed by atoms with Gasteiger partial charge < -0.3 is 8.98 Å². The van der Waals surface area contributed by atoms with Crippen LogP contribution in [0.5, 0.6) is 0 Å². The number of nitriles is 1. The first kappa shape index (κ1) is 37.0. The molecule has 3 aromatic heterocycles. The molecule has 0 aliphatic rings. The summed E-state index contributed by atoms with van der Waals surface area (Å²) in [5.74, 6) is 0.499. The van der Waals surface area contributed by atoms with Crippen LogP contribution in [0.15, 0.2) is 223 Å². The lowest BCUT2D eigenvalue weighted by atomic mass is 9.91. The fourth-order valence-electron chi connectivity index (χ4n) is 9.37. The average Bonchev–Trinajstić information content (AvgIpc) is 3.93. The van der Waals surface area contributed by atoms with E-state index in [0.717, 1.165) is 99.5 Å². The summed E-state index contributed by atoms with van der Waals surface area (Å²) in [5.41, 5.74) is 14.7. The fourth-order valence-corrected chi connectivity index (χ4v) is 9.37. The number of hydrogen-bond acceptors (Lipinski definition) is 4. The van der Waals surface area contributed by atoms with E-state index in [1.807, 2.05) is 78.9 Å². The first-order chi connectivity index (χ1) is 31.7. The molecule has 0 amide bonds. The normalized spacial score (nSPS) is 11.4. The monoisotopic (exact) mass is 816 g/mol. The lowest BCUT2D eigenvalue weighted by Crippen LogP contribution is -2.06. The van der Waals surface area contributed by atoms with Crippen molar-refractivity contribution in [2.24, 2.45) is 0 Å². The highest BCUT2D eigenvalue weighted by Gasteiger charge is 2.27. The maximum Gasteiger partial charge on any atom is 0.163 e. The third-order valence-electron chi connectivity index (χ3n) is 12.3. The summed E-state index contributed by atoms with van der Waals surface area (Å²) in [4.78, 5) is 10.9. The van der Waals surface area contributed by atoms with Crippen LogP contribution >= 0.6 is 0 Å². The Morgan fingerprint density at radius 3 is 1.52 bits per heavy atom. The number of hydrogen-bond donors (Lipinski definition) is 0. The molecule has 5 heteroatoms. The molecule has 0 saturated heterocycles. The Morgan fingerprint density at radius 1 is 0.406 bits per heavy atom. The second kappa shape index (κ2) is 15.3. The maximum atomic E-state index is 10.9. The standard InChI is InChI=1S/C59H36N4O/c60-37-50-54(41-25-12-4-13-26-41)61-59(62-55(50)42-27-14-5-15-28-42)53-49(40-23-10-3-11-24-40)35-43(38-19-6-1-7-20-38)36-52(53)63-51-32-17-16-29-45(51)46-33-34-48-47-31-18-30-44(39-21-8-2-9-22-39)57(47)64-58(48)56(46)63/h1-36H. The van der Waals surface area contributed by atoms with Crippen molar-refractivity contribution >= 4 is 43.7 Å². The number of rotatable bonds is 7. The smallest absolute Gasteiger partial charge is 0.163 e. The molecule has 0 aliphatic carbocycles. The second-order valence-electron chi connectivity index (χ2n) is 16.0. The average molecular weight is 817 g/mol. The van der Waals surface area contributed by atoms with Gasteiger partial charge in [-0.1, -0.05) is 194 Å². The molecule has 0 N–H and O–H groups in total. The van der Waals surface area contributed by atoms with Gasteiger partial charge in [0, 0.05) is 38.2 Å². The van der Waals surface area contributed by atoms with Gasteiger partial charge in [-0.15, -0.1) is 0 Å². The van der Waals surface area contributed by atoms with Gasteiger partial charge in [0.1, 0.15) is 17.2 Å². The largest absolute Gasteiger partial charge is 0.453 e. The Hall–Kier alpha value is -8.85. The van der Waals surface area contributed by atoms with Crippen LogP contribution in [0.1, 0.15) is 5.56 Å². The van der Waals surface area contributed by atoms with Crippen LogP contribution in [0.3, 0.4) is 0 Å². The van der Waals surface area contributed by atoms with Gasteiger partial charge in [-0.3, -0.25) is 0 Å². The van der Waals surface area contributed by atoms with Gasteiger partial charge in [-0.05, 0) is 52.1 Å². The Kier molecular flexibility index (Phi) is 8.81. The number of benzene rings is 9. The molecule has 5 nitrogen and oxygen atoms in total. The SMILES string of the molecule is N#Cc1c(-c2ccccc2)nc(-c2c(-c3ccccc3)cc(-c3ccccc3)cc2-n2c3ccccc3c3ccc4c5cccc(-c6ccccc6)c5oc4c32)nc1-c1ccccc1. The summed E-state index contributed by atoms with van der Waals surface area (Å²) >= 11 is 0. The molecule has 12 aromatic rings. The van der Waals surface area contributed by atoms with Crippen molar-refractivity contribution in [2.45, 2.75) is 0 Å². The highest BCUT2D eigenvalue weighted by molar-refractivity contribution is 6.23. The summed E-state index contributed by atoms with van der Waals surface area (Å²) in [5, 5.41) is 15.2. The van der Waals surface area contributed by atoms with E-state index < -0.39 is 0 Å². The van der Waals surface area contributed by atoms with E-state index in [4.69, 9.17) is 14.4 Å². The second-order valence-corrected chi connectivity index (χ2v) is 16.0. The van der Waals surface area contributed by atoms with Crippen LogP contribution in [0.4, 0.5) is 0 Å². The van der Waals surface area contributed by atoms with Crippen molar-refractivity contribution in [2.75, 3.05) is 0 Å². The molecule has 0 atom stereocenters. The highest BCUT2D eigenvalue weighted by atomic mass is 16.3. The number of furan rings is 1. The molecule has 9 aromatic carbocycles. The van der Waals surface area contributed by atoms with E-state index in [9.17, 15) is 5.26 Å². The first-order valence-corrected chi connectivity index (χ1v) is 21.4. The summed E-state index contributed by atoms with van der Waals surface area (Å²) < 4.78 is 9.57. The minimum Gasteiger partial charge on any atom is -0.453 e. The molecule has 12 rings (SSSR count). The van der Waals surface area contributed by atoms with Gasteiger partial charge in [-0.25, -0.2) is 9.97 Å². The zero-order valence-corrected chi connectivity index (χ0v) is 34.5. The van der Waals surface area contributed by atoms with Gasteiger partial charge in [0.2, 0.25) is 0 Å². The van der Waals surface area contributed by atoms with E-state index in [-0.39, 0.29) is 0 Å². The Balaban J connectivity index is 1.28. The van der Waals surface area contributed by atoms with Crippen LogP contribution < -0.4 is 0 Å². The quantitative estimate of drug-likeness (QED) is 0.161. The highest BCUT2D eigenvalue weighted by Crippen LogP contribution is 2.47. The topological polar surface area (TPSA) is 67.6 Å². The third kappa shape index (κ3) is 6.00. The minimum absolute atomic E-state index is 0.417. The van der Waals surface area contributed by atoms with Gasteiger partial charge in [0.25, 0.3) is 0 Å². The zero-order chi connectivity index (χ0) is 42.6. The van der Waals surface area contributed by atoms with Crippen LogP contribution in [-0.4, -0.2) is 14.5 Å². The molecule has 0 spiro atoms. The van der Waals surface area contributed by atoms with E-state index >= 15 is 0 Å². The Labute approximate surface area is 369 Å². The van der Waals surface area contributed by atoms with Crippen LogP contribution in [0.25, 0.3) is 117 Å². The molecule has 64 heavy (non-hydrogen) atoms. The van der Waals surface area contributed by atoms with E-state index in [1.54, 1.807) is 0 Å². The molecule has 0 radical (unpaired) electrons. The molecule has 0 aliphatic heterocycles. The minimum atomic E-state index is 0.417. The molecule has 0 fully saturated rings. The predicted molar refractivity (Wildman–Crippen MR) is 261 cm³/mol. The fraction of sp³-hybridized carbons (Fsp3) is 0. The number of para-hydroxylation sites is 2. The molecular weight excluding hydrogens is 781 g/mol. The van der Waals surface area contributed by atoms with E-state index in [2.05, 4.69) is 150 Å². The Bertz CT molecular complexity index is 3700. The van der Waals surface area contributed by atoms with Gasteiger partial charge in [0.15, 0.2) is 11.4 Å². The van der Waals surface area contributed by atoms with Crippen molar-refractivity contribution in [3.8, 4) is 79.0 Å². The summed E-state index contributed by atoms with van der Waals surface area (Å²) in [7, 11) is 0. The predicted octanol–water partition coefficient (Wildman–Crippen LogP) is 15.3. The maximum absolute atomic E-state index is 10.9. The lowest BCUT2D eigenvalue weighted by molar-refractivity contribution is 0.672. The molecule has 0 unspecified atom stereocenters. The molecule has 3 heterocycles. The third-order valence-corrected chi connectivity index (χ3v) is 12.3. The summed E-state index contributed by atoms with van der Waals surface area (Å²) in [6.45, 7) is 0. The van der Waals surface area contributed by atoms with Crippen LogP contribution in [0, 0.1) is 11.3 Å².